The first-order chi connectivity index (χ1) is 10.8. The average molecular weight is 298 g/mol. The molecule has 0 spiro atoms. The Hall–Kier alpha value is -2.29. The number of hydrogen-bond acceptors (Lipinski definition) is 3. The molecule has 0 heterocycles. The van der Waals surface area contributed by atoms with Crippen LogP contribution in [-0.2, 0) is 22.6 Å². The summed E-state index contributed by atoms with van der Waals surface area (Å²) in [7, 11) is 0. The molecular formula is C19H22O3. The first-order valence-corrected chi connectivity index (χ1v) is 7.69. The second-order valence-electron chi connectivity index (χ2n) is 5.17. The Kier molecular flexibility index (Phi) is 6.49. The van der Waals surface area contributed by atoms with Crippen LogP contribution in [0.15, 0.2) is 54.6 Å². The maximum Gasteiger partial charge on any atom is 0.310 e. The molecule has 2 aromatic carbocycles. The fourth-order valence-electron chi connectivity index (χ4n) is 1.99. The smallest absolute Gasteiger partial charge is 0.310 e. The van der Waals surface area contributed by atoms with Gasteiger partial charge in [0.05, 0.1) is 13.0 Å². The predicted octanol–water partition coefficient (Wildman–Crippen LogP) is 4.15. The van der Waals surface area contributed by atoms with Crippen molar-refractivity contribution in [1.82, 2.24) is 0 Å². The van der Waals surface area contributed by atoms with Gasteiger partial charge in [0.2, 0.25) is 0 Å². The van der Waals surface area contributed by atoms with E-state index >= 15 is 0 Å². The normalized spacial score (nSPS) is 10.2. The average Bonchev–Trinajstić information content (AvgIpc) is 2.56. The lowest BCUT2D eigenvalue weighted by Gasteiger charge is -2.07. The Morgan fingerprint density at radius 2 is 1.68 bits per heavy atom. The molecule has 0 aliphatic carbocycles. The van der Waals surface area contributed by atoms with Gasteiger partial charge in [-0.15, -0.1) is 0 Å². The van der Waals surface area contributed by atoms with Gasteiger partial charge in [0.15, 0.2) is 0 Å². The van der Waals surface area contributed by atoms with E-state index in [2.05, 4.69) is 6.92 Å². The third kappa shape index (κ3) is 5.60. The van der Waals surface area contributed by atoms with Crippen molar-refractivity contribution in [1.29, 1.82) is 0 Å². The van der Waals surface area contributed by atoms with Crippen molar-refractivity contribution < 1.29 is 14.3 Å². The van der Waals surface area contributed by atoms with E-state index in [1.165, 1.54) is 0 Å². The molecule has 3 nitrogen and oxygen atoms in total. The molecule has 0 aromatic heterocycles. The van der Waals surface area contributed by atoms with E-state index in [9.17, 15) is 4.79 Å². The zero-order chi connectivity index (χ0) is 15.6. The van der Waals surface area contributed by atoms with Crippen molar-refractivity contribution in [3.63, 3.8) is 0 Å². The van der Waals surface area contributed by atoms with Crippen LogP contribution in [0, 0.1) is 0 Å². The summed E-state index contributed by atoms with van der Waals surface area (Å²) < 4.78 is 10.9. The van der Waals surface area contributed by atoms with Gasteiger partial charge in [-0.2, -0.15) is 0 Å². The number of carbonyl (C=O) groups is 1. The maximum absolute atomic E-state index is 11.8. The van der Waals surface area contributed by atoms with E-state index in [0.29, 0.717) is 6.61 Å². The van der Waals surface area contributed by atoms with Crippen LogP contribution >= 0.6 is 0 Å². The van der Waals surface area contributed by atoms with Gasteiger partial charge in [0.1, 0.15) is 12.4 Å². The monoisotopic (exact) mass is 298 g/mol. The molecule has 0 aliphatic rings. The number of hydrogen-bond donors (Lipinski definition) is 0. The summed E-state index contributed by atoms with van der Waals surface area (Å²) in [5, 5.41) is 0. The Labute approximate surface area is 131 Å². The highest BCUT2D eigenvalue weighted by molar-refractivity contribution is 5.72. The number of esters is 1. The standard InChI is InChI=1S/C19H22O3/c1-2-3-13-21-18-11-9-16(10-12-18)14-19(20)22-15-17-7-5-4-6-8-17/h4-12H,2-3,13-15H2,1H3. The highest BCUT2D eigenvalue weighted by Gasteiger charge is 2.05. The zero-order valence-corrected chi connectivity index (χ0v) is 13.0. The van der Waals surface area contributed by atoms with E-state index in [1.54, 1.807) is 0 Å². The lowest BCUT2D eigenvalue weighted by Crippen LogP contribution is -2.08. The van der Waals surface area contributed by atoms with Crippen LogP contribution in [0.3, 0.4) is 0 Å². The molecule has 2 rings (SSSR count). The minimum absolute atomic E-state index is 0.219. The predicted molar refractivity (Wildman–Crippen MR) is 86.8 cm³/mol. The van der Waals surface area contributed by atoms with Gasteiger partial charge in [-0.25, -0.2) is 0 Å². The fourth-order valence-corrected chi connectivity index (χ4v) is 1.99. The molecule has 0 aliphatic heterocycles. The molecule has 0 N–H and O–H groups in total. The summed E-state index contributed by atoms with van der Waals surface area (Å²) in [6.07, 6.45) is 2.45. The Morgan fingerprint density at radius 3 is 2.36 bits per heavy atom. The summed E-state index contributed by atoms with van der Waals surface area (Å²) in [5.41, 5.74) is 1.93. The molecule has 0 saturated heterocycles. The van der Waals surface area contributed by atoms with Crippen LogP contribution in [0.2, 0.25) is 0 Å². The van der Waals surface area contributed by atoms with Crippen LogP contribution in [0.25, 0.3) is 0 Å². The van der Waals surface area contributed by atoms with Crippen molar-refractivity contribution in [3.8, 4) is 5.75 Å². The minimum Gasteiger partial charge on any atom is -0.494 e. The Balaban J connectivity index is 1.76. The largest absolute Gasteiger partial charge is 0.494 e. The number of ether oxygens (including phenoxy) is 2. The molecule has 3 heteroatoms. The van der Waals surface area contributed by atoms with E-state index in [1.807, 2.05) is 54.6 Å². The molecule has 2 aromatic rings. The number of carbonyl (C=O) groups excluding carboxylic acids is 1. The summed E-state index contributed by atoms with van der Waals surface area (Å²) in [4.78, 5) is 11.8. The molecule has 0 saturated carbocycles. The van der Waals surface area contributed by atoms with Crippen molar-refractivity contribution in [3.05, 3.63) is 65.7 Å². The van der Waals surface area contributed by atoms with Crippen LogP contribution in [-0.4, -0.2) is 12.6 Å². The molecule has 22 heavy (non-hydrogen) atoms. The highest BCUT2D eigenvalue weighted by Crippen LogP contribution is 2.13. The Bertz CT molecular complexity index is 561. The molecule has 0 fully saturated rings. The summed E-state index contributed by atoms with van der Waals surface area (Å²) in [6.45, 7) is 3.18. The third-order valence-electron chi connectivity index (χ3n) is 3.28. The van der Waals surface area contributed by atoms with Crippen LogP contribution < -0.4 is 4.74 Å². The van der Waals surface area contributed by atoms with Gasteiger partial charge in [-0.3, -0.25) is 4.79 Å². The van der Waals surface area contributed by atoms with Gasteiger partial charge in [-0.1, -0.05) is 55.8 Å². The van der Waals surface area contributed by atoms with Gasteiger partial charge in [0.25, 0.3) is 0 Å². The van der Waals surface area contributed by atoms with Crippen LogP contribution in [0.4, 0.5) is 0 Å². The van der Waals surface area contributed by atoms with E-state index < -0.39 is 0 Å². The van der Waals surface area contributed by atoms with E-state index in [-0.39, 0.29) is 12.4 Å². The van der Waals surface area contributed by atoms with Gasteiger partial charge in [0, 0.05) is 0 Å². The molecule has 0 amide bonds. The lowest BCUT2D eigenvalue weighted by atomic mass is 10.1. The number of rotatable bonds is 8. The molecular weight excluding hydrogens is 276 g/mol. The molecule has 0 unspecified atom stereocenters. The van der Waals surface area contributed by atoms with Crippen molar-refractivity contribution in [2.24, 2.45) is 0 Å². The van der Waals surface area contributed by atoms with Gasteiger partial charge in [-0.05, 0) is 29.7 Å². The van der Waals surface area contributed by atoms with E-state index in [4.69, 9.17) is 9.47 Å². The summed E-state index contributed by atoms with van der Waals surface area (Å²) >= 11 is 0. The molecule has 116 valence electrons. The quantitative estimate of drug-likeness (QED) is 0.542. The lowest BCUT2D eigenvalue weighted by molar-refractivity contribution is -0.144. The van der Waals surface area contributed by atoms with Gasteiger partial charge < -0.3 is 9.47 Å². The fraction of sp³-hybridized carbons (Fsp3) is 0.316. The summed E-state index contributed by atoms with van der Waals surface area (Å²) in [5.74, 6) is 0.623. The van der Waals surface area contributed by atoms with Crippen molar-refractivity contribution in [2.45, 2.75) is 32.8 Å². The maximum atomic E-state index is 11.8. The van der Waals surface area contributed by atoms with E-state index in [0.717, 1.165) is 36.3 Å². The molecule has 0 radical (unpaired) electrons. The SMILES string of the molecule is CCCCOc1ccc(CC(=O)OCc2ccccc2)cc1. The third-order valence-corrected chi connectivity index (χ3v) is 3.28. The second-order valence-corrected chi connectivity index (χ2v) is 5.17. The van der Waals surface area contributed by atoms with Crippen molar-refractivity contribution >= 4 is 5.97 Å². The topological polar surface area (TPSA) is 35.5 Å². The van der Waals surface area contributed by atoms with Crippen LogP contribution in [0.1, 0.15) is 30.9 Å². The number of benzene rings is 2. The highest BCUT2D eigenvalue weighted by atomic mass is 16.5. The molecule has 0 atom stereocenters. The second kappa shape index (κ2) is 8.88. The Morgan fingerprint density at radius 1 is 0.955 bits per heavy atom. The zero-order valence-electron chi connectivity index (χ0n) is 13.0. The first-order valence-electron chi connectivity index (χ1n) is 7.69. The van der Waals surface area contributed by atoms with Crippen LogP contribution in [0.5, 0.6) is 5.75 Å². The molecule has 0 bridgehead atoms. The summed E-state index contributed by atoms with van der Waals surface area (Å²) in [6, 6.07) is 17.3. The minimum atomic E-state index is -0.219. The van der Waals surface area contributed by atoms with Gasteiger partial charge >= 0.3 is 5.97 Å². The number of unbranched alkanes of at least 4 members (excludes halogenated alkanes) is 1. The van der Waals surface area contributed by atoms with Crippen molar-refractivity contribution in [2.75, 3.05) is 6.61 Å². The first kappa shape index (κ1) is 16.1.